The number of rotatable bonds is 5. The van der Waals surface area contributed by atoms with Crippen molar-refractivity contribution in [2.75, 3.05) is 38.6 Å². The third kappa shape index (κ3) is 3.79. The molecule has 2 aliphatic rings. The van der Waals surface area contributed by atoms with Gasteiger partial charge in [-0.3, -0.25) is 9.69 Å². The maximum absolute atomic E-state index is 13.3. The maximum Gasteiger partial charge on any atom is 0.242 e. The van der Waals surface area contributed by atoms with Gasteiger partial charge in [0.25, 0.3) is 0 Å². The van der Waals surface area contributed by atoms with Crippen molar-refractivity contribution >= 4 is 21.6 Å². The number of sulfonamides is 1. The predicted molar refractivity (Wildman–Crippen MR) is 117 cm³/mol. The Kier molecular flexibility index (Phi) is 5.74. The van der Waals surface area contributed by atoms with Crippen molar-refractivity contribution in [3.63, 3.8) is 0 Å². The van der Waals surface area contributed by atoms with E-state index >= 15 is 0 Å². The predicted octanol–water partition coefficient (Wildman–Crippen LogP) is 2.39. The Morgan fingerprint density at radius 1 is 1.17 bits per heavy atom. The number of hydrogen-bond acceptors (Lipinski definition) is 4. The van der Waals surface area contributed by atoms with Crippen LogP contribution in [-0.4, -0.2) is 61.8 Å². The van der Waals surface area contributed by atoms with Crippen molar-refractivity contribution < 1.29 is 13.2 Å². The van der Waals surface area contributed by atoms with E-state index in [0.29, 0.717) is 13.1 Å². The van der Waals surface area contributed by atoms with Crippen molar-refractivity contribution in [1.82, 2.24) is 13.8 Å². The molecular weight excluding hydrogens is 400 g/mol. The highest BCUT2D eigenvalue weighted by Gasteiger charge is 2.32. The van der Waals surface area contributed by atoms with Gasteiger partial charge in [0.1, 0.15) is 0 Å². The summed E-state index contributed by atoms with van der Waals surface area (Å²) in [6.07, 6.45) is 5.82. The molecular formula is C22H30N4O3S. The van der Waals surface area contributed by atoms with Crippen LogP contribution in [0.3, 0.4) is 0 Å². The van der Waals surface area contributed by atoms with Crippen LogP contribution in [0.2, 0.25) is 0 Å². The van der Waals surface area contributed by atoms with E-state index < -0.39 is 10.0 Å². The molecule has 1 saturated heterocycles. The molecule has 4 rings (SSSR count). The summed E-state index contributed by atoms with van der Waals surface area (Å²) in [5, 5.41) is 0. The summed E-state index contributed by atoms with van der Waals surface area (Å²) in [4.78, 5) is 17.7. The molecule has 1 aromatic carbocycles. The second-order valence-electron chi connectivity index (χ2n) is 8.40. The Morgan fingerprint density at radius 2 is 1.97 bits per heavy atom. The van der Waals surface area contributed by atoms with Crippen LogP contribution < -0.4 is 4.90 Å². The highest BCUT2D eigenvalue weighted by atomic mass is 32.2. The van der Waals surface area contributed by atoms with Crippen LogP contribution >= 0.6 is 0 Å². The zero-order valence-corrected chi connectivity index (χ0v) is 18.7. The van der Waals surface area contributed by atoms with Crippen molar-refractivity contribution in [2.24, 2.45) is 7.05 Å². The molecule has 8 heteroatoms. The number of nitrogens with zero attached hydrogens (tertiary/aromatic N) is 4. The van der Waals surface area contributed by atoms with E-state index in [1.54, 1.807) is 18.2 Å². The van der Waals surface area contributed by atoms with Crippen LogP contribution in [0, 0.1) is 0 Å². The van der Waals surface area contributed by atoms with E-state index in [0.717, 1.165) is 43.5 Å². The van der Waals surface area contributed by atoms with Crippen LogP contribution in [-0.2, 0) is 28.3 Å². The molecule has 0 unspecified atom stereocenters. The third-order valence-corrected chi connectivity index (χ3v) is 8.09. The molecule has 1 amide bonds. The van der Waals surface area contributed by atoms with Gasteiger partial charge in [-0.15, -0.1) is 0 Å². The third-order valence-electron chi connectivity index (χ3n) is 6.28. The molecule has 3 heterocycles. The quantitative estimate of drug-likeness (QED) is 0.731. The van der Waals surface area contributed by atoms with Gasteiger partial charge in [0.05, 0.1) is 17.5 Å². The monoisotopic (exact) mass is 430 g/mol. The first kappa shape index (κ1) is 21.1. The summed E-state index contributed by atoms with van der Waals surface area (Å²) in [5.74, 6) is 0.0836. The highest BCUT2D eigenvalue weighted by Crippen LogP contribution is 2.34. The molecule has 2 aliphatic heterocycles. The lowest BCUT2D eigenvalue weighted by Crippen LogP contribution is -2.42. The molecule has 7 nitrogen and oxygen atoms in total. The summed E-state index contributed by atoms with van der Waals surface area (Å²) in [5.41, 5.74) is 3.02. The summed E-state index contributed by atoms with van der Waals surface area (Å²) in [7, 11) is 1.63. The number of aryl methyl sites for hydroxylation is 2. The van der Waals surface area contributed by atoms with E-state index in [-0.39, 0.29) is 16.8 Å². The van der Waals surface area contributed by atoms with Gasteiger partial charge < -0.3 is 9.47 Å². The molecule has 162 valence electrons. The van der Waals surface area contributed by atoms with E-state index in [1.807, 2.05) is 24.2 Å². The van der Waals surface area contributed by atoms with E-state index in [1.165, 1.54) is 24.1 Å². The first-order valence-corrected chi connectivity index (χ1v) is 11.9. The minimum Gasteiger partial charge on any atom is -0.353 e. The number of carbonyl (C=O) groups excluding carboxylic acids is 1. The highest BCUT2D eigenvalue weighted by molar-refractivity contribution is 7.89. The van der Waals surface area contributed by atoms with Gasteiger partial charge in [-0.2, -0.15) is 0 Å². The molecule has 0 N–H and O–H groups in total. The Morgan fingerprint density at radius 3 is 2.67 bits per heavy atom. The minimum absolute atomic E-state index is 0.0836. The molecule has 1 aromatic heterocycles. The van der Waals surface area contributed by atoms with Crippen LogP contribution in [0.25, 0.3) is 0 Å². The molecule has 0 saturated carbocycles. The van der Waals surface area contributed by atoms with Gasteiger partial charge in [-0.05, 0) is 68.1 Å². The summed E-state index contributed by atoms with van der Waals surface area (Å²) < 4.78 is 28.3. The Hall–Kier alpha value is -2.16. The standard InChI is InChI=1S/C22H30N4O3S/c1-23(2)30(28,29)18-10-11-19-17(15-18)7-4-14-26(19)22(27)16-25-13-6-9-21(25)20-8-5-12-24(20)3/h5,8,10-12,15,21H,4,6-7,9,13-14,16H2,1-3H3/t21-/m0/s1. The number of hydrogen-bond donors (Lipinski definition) is 0. The Bertz CT molecular complexity index is 1040. The number of aromatic nitrogens is 1. The number of carbonyl (C=O) groups is 1. The van der Waals surface area contributed by atoms with Crippen molar-refractivity contribution in [3.8, 4) is 0 Å². The van der Waals surface area contributed by atoms with Gasteiger partial charge in [0.15, 0.2) is 0 Å². The van der Waals surface area contributed by atoms with E-state index in [9.17, 15) is 13.2 Å². The van der Waals surface area contributed by atoms with Gasteiger partial charge in [0.2, 0.25) is 15.9 Å². The van der Waals surface area contributed by atoms with Crippen molar-refractivity contribution in [1.29, 1.82) is 0 Å². The minimum atomic E-state index is -3.48. The average molecular weight is 431 g/mol. The number of benzene rings is 1. The molecule has 1 fully saturated rings. The zero-order chi connectivity index (χ0) is 21.5. The molecule has 2 aromatic rings. The fraction of sp³-hybridized carbons (Fsp3) is 0.500. The smallest absolute Gasteiger partial charge is 0.242 e. The summed E-state index contributed by atoms with van der Waals surface area (Å²) in [6.45, 7) is 1.98. The van der Waals surface area contributed by atoms with Crippen LogP contribution in [0.4, 0.5) is 5.69 Å². The Balaban J connectivity index is 1.54. The number of anilines is 1. The molecule has 30 heavy (non-hydrogen) atoms. The number of fused-ring (bicyclic) bond motifs is 1. The molecule has 0 bridgehead atoms. The maximum atomic E-state index is 13.3. The zero-order valence-electron chi connectivity index (χ0n) is 17.9. The molecule has 1 atom stereocenters. The lowest BCUT2D eigenvalue weighted by Gasteiger charge is -2.32. The average Bonchev–Trinajstić information content (AvgIpc) is 3.35. The lowest BCUT2D eigenvalue weighted by molar-refractivity contribution is -0.120. The molecule has 0 spiro atoms. The van der Waals surface area contributed by atoms with Crippen LogP contribution in [0.1, 0.15) is 36.6 Å². The molecule has 0 radical (unpaired) electrons. The van der Waals surface area contributed by atoms with Gasteiger partial charge in [0, 0.05) is 45.3 Å². The fourth-order valence-corrected chi connectivity index (χ4v) is 5.59. The second kappa shape index (κ2) is 8.17. The van der Waals surface area contributed by atoms with Crippen molar-refractivity contribution in [3.05, 3.63) is 47.8 Å². The van der Waals surface area contributed by atoms with Gasteiger partial charge in [-0.1, -0.05) is 0 Å². The number of likely N-dealkylation sites (tertiary alicyclic amines) is 1. The largest absolute Gasteiger partial charge is 0.353 e. The second-order valence-corrected chi connectivity index (χ2v) is 10.6. The van der Waals surface area contributed by atoms with Crippen LogP contribution in [0.5, 0.6) is 0 Å². The fourth-order valence-electron chi connectivity index (χ4n) is 4.63. The van der Waals surface area contributed by atoms with E-state index in [4.69, 9.17) is 0 Å². The normalized spacial score (nSPS) is 20.0. The Labute approximate surface area is 178 Å². The van der Waals surface area contributed by atoms with Gasteiger partial charge >= 0.3 is 0 Å². The lowest BCUT2D eigenvalue weighted by atomic mass is 10.0. The topological polar surface area (TPSA) is 65.9 Å². The van der Waals surface area contributed by atoms with E-state index in [2.05, 4.69) is 15.5 Å². The molecule has 0 aliphatic carbocycles. The van der Waals surface area contributed by atoms with Crippen molar-refractivity contribution in [2.45, 2.75) is 36.6 Å². The SMILES string of the molecule is CN(C)S(=O)(=O)c1ccc2c(c1)CCCN2C(=O)CN1CCC[C@H]1c1cccn1C. The van der Waals surface area contributed by atoms with Crippen LogP contribution in [0.15, 0.2) is 41.4 Å². The van der Waals surface area contributed by atoms with Gasteiger partial charge in [-0.25, -0.2) is 12.7 Å². The first-order valence-electron chi connectivity index (χ1n) is 10.5. The first-order chi connectivity index (χ1) is 14.3. The summed E-state index contributed by atoms with van der Waals surface area (Å²) in [6, 6.07) is 9.59. The number of amides is 1. The summed E-state index contributed by atoms with van der Waals surface area (Å²) >= 11 is 0.